The number of fused-ring (bicyclic) bond motifs is 7. The number of aromatic nitrogens is 1. The fourth-order valence-corrected chi connectivity index (χ4v) is 6.47. The second kappa shape index (κ2) is 6.32. The summed E-state index contributed by atoms with van der Waals surface area (Å²) in [6, 6.07) is 18.7. The lowest BCUT2D eigenvalue weighted by molar-refractivity contribution is -0.136. The van der Waals surface area contributed by atoms with Gasteiger partial charge in [0, 0.05) is 22.2 Å². The molecule has 33 heavy (non-hydrogen) atoms. The largest absolute Gasteiger partial charge is 0.458 e. The van der Waals surface area contributed by atoms with Gasteiger partial charge in [-0.05, 0) is 17.5 Å². The molecule has 9 heteroatoms. The molecule has 0 bridgehead atoms. The van der Waals surface area contributed by atoms with E-state index in [0.717, 1.165) is 27.7 Å². The molecule has 0 saturated carbocycles. The minimum Gasteiger partial charge on any atom is -0.458 e. The Morgan fingerprint density at radius 3 is 2.76 bits per heavy atom. The molecule has 4 aromatic rings. The van der Waals surface area contributed by atoms with Crippen LogP contribution < -0.4 is 15.0 Å². The highest BCUT2D eigenvalue weighted by Gasteiger charge is 2.70. The number of amides is 2. The zero-order chi connectivity index (χ0) is 22.5. The van der Waals surface area contributed by atoms with E-state index in [1.54, 1.807) is 18.2 Å². The minimum atomic E-state index is -1.38. The third kappa shape index (κ3) is 2.20. The van der Waals surface area contributed by atoms with Crippen LogP contribution in [-0.2, 0) is 15.1 Å². The molecule has 3 aliphatic heterocycles. The van der Waals surface area contributed by atoms with Gasteiger partial charge < -0.3 is 15.2 Å². The maximum atomic E-state index is 13.1. The highest BCUT2D eigenvalue weighted by Crippen LogP contribution is 2.56. The summed E-state index contributed by atoms with van der Waals surface area (Å²) >= 11 is 7.60. The van der Waals surface area contributed by atoms with E-state index >= 15 is 0 Å². The van der Waals surface area contributed by atoms with Crippen LogP contribution in [0.1, 0.15) is 16.7 Å². The summed E-state index contributed by atoms with van der Waals surface area (Å²) in [6.07, 6.45) is -1.24. The topological polar surface area (TPSA) is 91.8 Å². The predicted molar refractivity (Wildman–Crippen MR) is 125 cm³/mol. The number of hydrogen-bond acceptors (Lipinski definition) is 6. The number of para-hydroxylation sites is 1. The zero-order valence-electron chi connectivity index (χ0n) is 16.8. The molecular formula is C24H14ClN3O4S. The highest BCUT2D eigenvalue weighted by atomic mass is 35.5. The minimum absolute atomic E-state index is 0.289. The number of nitrogens with one attached hydrogen (secondary N) is 1. The van der Waals surface area contributed by atoms with Crippen molar-refractivity contribution in [3.63, 3.8) is 0 Å². The van der Waals surface area contributed by atoms with Gasteiger partial charge in [-0.2, -0.15) is 0 Å². The third-order valence-electron chi connectivity index (χ3n) is 6.51. The summed E-state index contributed by atoms with van der Waals surface area (Å²) < 4.78 is 5.88. The molecule has 7 nitrogen and oxygen atoms in total. The van der Waals surface area contributed by atoms with E-state index in [4.69, 9.17) is 21.3 Å². The van der Waals surface area contributed by atoms with Crippen molar-refractivity contribution in [3.05, 3.63) is 71.1 Å². The number of carbonyl (C=O) groups is 2. The van der Waals surface area contributed by atoms with Gasteiger partial charge in [0.1, 0.15) is 16.0 Å². The number of rotatable bonds is 1. The van der Waals surface area contributed by atoms with Crippen molar-refractivity contribution in [2.75, 3.05) is 10.2 Å². The zero-order valence-corrected chi connectivity index (χ0v) is 18.4. The first-order valence-electron chi connectivity index (χ1n) is 10.3. The number of β-lactam (4-membered cyclic amide) rings is 1. The molecule has 7 rings (SSSR count). The third-order valence-corrected chi connectivity index (χ3v) is 8.08. The lowest BCUT2D eigenvalue weighted by Gasteiger charge is -2.49. The van der Waals surface area contributed by atoms with Crippen molar-refractivity contribution in [1.82, 2.24) is 4.98 Å². The monoisotopic (exact) mass is 475 g/mol. The number of alkyl halides is 1. The number of benzene rings is 3. The van der Waals surface area contributed by atoms with E-state index in [1.807, 2.05) is 42.5 Å². The molecule has 1 fully saturated rings. The first-order chi connectivity index (χ1) is 16.0. The Morgan fingerprint density at radius 2 is 1.88 bits per heavy atom. The lowest BCUT2D eigenvalue weighted by Crippen LogP contribution is -2.73. The van der Waals surface area contributed by atoms with Crippen molar-refractivity contribution in [3.8, 4) is 17.0 Å². The number of nitrogens with zero attached hydrogens (tertiary/aromatic N) is 2. The van der Waals surface area contributed by atoms with Crippen LogP contribution in [-0.4, -0.2) is 27.3 Å². The van der Waals surface area contributed by atoms with Crippen LogP contribution in [0.5, 0.6) is 5.75 Å². The average Bonchev–Trinajstić information content (AvgIpc) is 3.40. The summed E-state index contributed by atoms with van der Waals surface area (Å²) in [4.78, 5) is 32.7. The quantitative estimate of drug-likeness (QED) is 0.319. The van der Waals surface area contributed by atoms with E-state index in [9.17, 15) is 14.7 Å². The number of aliphatic hydroxyl groups is 1. The second-order valence-corrected chi connectivity index (χ2v) is 9.59. The Balaban J connectivity index is 1.42. The number of halogens is 1. The van der Waals surface area contributed by atoms with Crippen LogP contribution in [0.2, 0.25) is 0 Å². The van der Waals surface area contributed by atoms with Gasteiger partial charge in [-0.1, -0.05) is 59.9 Å². The maximum absolute atomic E-state index is 13.1. The van der Waals surface area contributed by atoms with Gasteiger partial charge in [-0.3, -0.25) is 14.5 Å². The first-order valence-corrected chi connectivity index (χ1v) is 11.5. The Bertz CT molecular complexity index is 1540. The Kier molecular flexibility index (Phi) is 3.65. The van der Waals surface area contributed by atoms with Crippen molar-refractivity contribution >= 4 is 56.3 Å². The summed E-state index contributed by atoms with van der Waals surface area (Å²) in [6.45, 7) is 0. The van der Waals surface area contributed by atoms with Gasteiger partial charge in [-0.15, -0.1) is 11.6 Å². The SMILES string of the molecule is O=C1C(Cl)C2(C(=O)Nc3ccccc32)N1c1nc2c(s1)C(O)Oc1c-2ccc2ccccc12. The standard InChI is InChI=1S/C24H14ClN3O4S/c25-19-20(29)28(24(19)14-7-3-4-8-15(14)26-22(24)31)23-27-16-13-10-9-11-5-1-2-6-12(11)17(13)32-21(30)18(16)33-23/h1-10,19,21,30H,(H,26,31). The molecule has 3 aromatic carbocycles. The van der Waals surface area contributed by atoms with Crippen LogP contribution in [0.4, 0.5) is 10.8 Å². The van der Waals surface area contributed by atoms with Gasteiger partial charge in [0.05, 0.1) is 5.69 Å². The van der Waals surface area contributed by atoms with Crippen LogP contribution >= 0.6 is 22.9 Å². The molecule has 3 unspecified atom stereocenters. The molecular weight excluding hydrogens is 462 g/mol. The predicted octanol–water partition coefficient (Wildman–Crippen LogP) is 4.15. The van der Waals surface area contributed by atoms with E-state index in [0.29, 0.717) is 27.6 Å². The van der Waals surface area contributed by atoms with Crippen LogP contribution in [0.3, 0.4) is 0 Å². The van der Waals surface area contributed by atoms with Gasteiger partial charge in [0.25, 0.3) is 11.8 Å². The fourth-order valence-electron chi connectivity index (χ4n) is 4.99. The van der Waals surface area contributed by atoms with Gasteiger partial charge in [-0.25, -0.2) is 4.98 Å². The van der Waals surface area contributed by atoms with Crippen molar-refractivity contribution in [2.24, 2.45) is 0 Å². The smallest absolute Gasteiger partial charge is 0.257 e. The number of anilines is 2. The van der Waals surface area contributed by atoms with Crippen LogP contribution in [0.25, 0.3) is 22.0 Å². The molecule has 1 saturated heterocycles. The number of hydrogen-bond donors (Lipinski definition) is 2. The molecule has 1 spiro atoms. The summed E-state index contributed by atoms with van der Waals surface area (Å²) in [5, 5.41) is 14.7. The molecule has 0 aliphatic carbocycles. The summed E-state index contributed by atoms with van der Waals surface area (Å²) in [7, 11) is 0. The summed E-state index contributed by atoms with van der Waals surface area (Å²) in [5.41, 5.74) is 1.12. The van der Waals surface area contributed by atoms with Crippen molar-refractivity contribution in [1.29, 1.82) is 0 Å². The number of aliphatic hydroxyl groups excluding tert-OH is 1. The van der Waals surface area contributed by atoms with Crippen LogP contribution in [0, 0.1) is 0 Å². The fraction of sp³-hybridized carbons (Fsp3) is 0.125. The molecule has 162 valence electrons. The van der Waals surface area contributed by atoms with Gasteiger partial charge in [0.15, 0.2) is 10.7 Å². The van der Waals surface area contributed by atoms with Gasteiger partial charge >= 0.3 is 0 Å². The molecule has 2 N–H and O–H groups in total. The van der Waals surface area contributed by atoms with E-state index in [2.05, 4.69) is 5.32 Å². The number of ether oxygens (including phenoxy) is 1. The average molecular weight is 476 g/mol. The van der Waals surface area contributed by atoms with Crippen molar-refractivity contribution < 1.29 is 19.4 Å². The van der Waals surface area contributed by atoms with E-state index in [1.165, 1.54) is 4.90 Å². The molecule has 1 aromatic heterocycles. The summed E-state index contributed by atoms with van der Waals surface area (Å²) in [5.74, 6) is -0.253. The van der Waals surface area contributed by atoms with E-state index < -0.39 is 23.1 Å². The Hall–Kier alpha value is -3.46. The Labute approximate surface area is 196 Å². The normalized spacial score (nSPS) is 24.7. The molecule has 4 heterocycles. The number of thiazole rings is 1. The Morgan fingerprint density at radius 1 is 1.09 bits per heavy atom. The first kappa shape index (κ1) is 19.0. The number of carbonyl (C=O) groups excluding carboxylic acids is 2. The van der Waals surface area contributed by atoms with Gasteiger partial charge in [0.2, 0.25) is 6.29 Å². The molecule has 3 atom stereocenters. The maximum Gasteiger partial charge on any atom is 0.257 e. The lowest BCUT2D eigenvalue weighted by atomic mass is 9.78. The highest BCUT2D eigenvalue weighted by molar-refractivity contribution is 7.16. The van der Waals surface area contributed by atoms with Crippen molar-refractivity contribution in [2.45, 2.75) is 17.2 Å². The molecule has 3 aliphatic rings. The van der Waals surface area contributed by atoms with Crippen LogP contribution in [0.15, 0.2) is 60.7 Å². The molecule has 0 radical (unpaired) electrons. The second-order valence-electron chi connectivity index (χ2n) is 8.15. The van der Waals surface area contributed by atoms with E-state index in [-0.39, 0.29) is 11.0 Å². The molecule has 2 amide bonds.